The van der Waals surface area contributed by atoms with E-state index < -0.39 is 17.2 Å². The van der Waals surface area contributed by atoms with E-state index in [0.29, 0.717) is 37.4 Å². The predicted octanol–water partition coefficient (Wildman–Crippen LogP) is 5.03. The first-order valence-electron chi connectivity index (χ1n) is 13.1. The summed E-state index contributed by atoms with van der Waals surface area (Å²) < 4.78 is 5.57. The van der Waals surface area contributed by atoms with E-state index >= 15 is 0 Å². The predicted molar refractivity (Wildman–Crippen MR) is 156 cm³/mol. The number of amides is 2. The summed E-state index contributed by atoms with van der Waals surface area (Å²) in [6.45, 7) is 6.38. The Morgan fingerprint density at radius 1 is 1.15 bits per heavy atom. The number of rotatable bonds is 7. The minimum Gasteiger partial charge on any atom is -0.444 e. The van der Waals surface area contributed by atoms with Crippen LogP contribution in [0.15, 0.2) is 54.4 Å². The first-order valence-corrected chi connectivity index (χ1v) is 14.4. The summed E-state index contributed by atoms with van der Waals surface area (Å²) in [7, 11) is 0. The Labute approximate surface area is 241 Å². The molecule has 4 aromatic rings. The standard InChI is InChI=1S/C28H32ClN7O3S/c1-27(2,3)39-26(38)35-28(9-13-36(14-10-28)24-20-8-11-31-23(20)32-17-33-24)25(37)34-21(16-22-30-12-15-40-22)18-4-6-19(29)7-5-18/h4-8,11-12,15,17,21H,9-10,13-14,16H2,1-3H3,(H,34,37)(H,35,38)(H,31,32,33). The van der Waals surface area contributed by atoms with Crippen LogP contribution < -0.4 is 15.5 Å². The second kappa shape index (κ2) is 11.4. The Hall–Kier alpha value is -3.70. The highest BCUT2D eigenvalue weighted by molar-refractivity contribution is 7.09. The lowest BCUT2D eigenvalue weighted by Crippen LogP contribution is -2.64. The number of carbonyl (C=O) groups is 2. The highest BCUT2D eigenvalue weighted by atomic mass is 35.5. The van der Waals surface area contributed by atoms with Crippen LogP contribution >= 0.6 is 22.9 Å². The molecule has 0 bridgehead atoms. The lowest BCUT2D eigenvalue weighted by atomic mass is 9.85. The summed E-state index contributed by atoms with van der Waals surface area (Å²) in [5.41, 5.74) is -0.246. The van der Waals surface area contributed by atoms with E-state index in [1.54, 1.807) is 39.1 Å². The molecule has 3 N–H and O–H groups in total. The van der Waals surface area contributed by atoms with Gasteiger partial charge in [-0.1, -0.05) is 23.7 Å². The number of aromatic nitrogens is 4. The number of fused-ring (bicyclic) bond motifs is 1. The van der Waals surface area contributed by atoms with Crippen LogP contribution in [0.2, 0.25) is 5.02 Å². The van der Waals surface area contributed by atoms with E-state index in [1.807, 2.05) is 29.8 Å². The number of hydrogen-bond donors (Lipinski definition) is 3. The van der Waals surface area contributed by atoms with Gasteiger partial charge in [0.25, 0.3) is 0 Å². The number of thiazole rings is 1. The lowest BCUT2D eigenvalue weighted by molar-refractivity contribution is -0.129. The smallest absolute Gasteiger partial charge is 0.408 e. The lowest BCUT2D eigenvalue weighted by Gasteiger charge is -2.42. The highest BCUT2D eigenvalue weighted by Gasteiger charge is 2.45. The molecule has 0 radical (unpaired) electrons. The number of H-pyrrole nitrogens is 1. The van der Waals surface area contributed by atoms with Crippen LogP contribution in [0.4, 0.5) is 10.6 Å². The average Bonchev–Trinajstić information content (AvgIpc) is 3.60. The maximum absolute atomic E-state index is 14.1. The number of nitrogens with zero attached hydrogens (tertiary/aromatic N) is 4. The van der Waals surface area contributed by atoms with E-state index in [1.165, 1.54) is 17.7 Å². The zero-order valence-corrected chi connectivity index (χ0v) is 24.2. The van der Waals surface area contributed by atoms with Gasteiger partial charge in [-0.25, -0.2) is 19.7 Å². The van der Waals surface area contributed by atoms with Crippen molar-refractivity contribution in [3.63, 3.8) is 0 Å². The molecule has 0 saturated carbocycles. The number of carbonyl (C=O) groups excluding carboxylic acids is 2. The fourth-order valence-corrected chi connectivity index (χ4v) is 5.68. The molecule has 210 valence electrons. The third kappa shape index (κ3) is 6.37. The molecule has 40 heavy (non-hydrogen) atoms. The summed E-state index contributed by atoms with van der Waals surface area (Å²) in [6.07, 6.45) is 5.69. The number of halogens is 1. The molecule has 1 fully saturated rings. The van der Waals surface area contributed by atoms with Gasteiger partial charge < -0.3 is 25.3 Å². The van der Waals surface area contributed by atoms with E-state index in [4.69, 9.17) is 16.3 Å². The normalized spacial score (nSPS) is 15.9. The van der Waals surface area contributed by atoms with Crippen LogP contribution in [-0.2, 0) is 16.0 Å². The summed E-state index contributed by atoms with van der Waals surface area (Å²) in [4.78, 5) is 45.6. The third-order valence-electron chi connectivity index (χ3n) is 6.86. The van der Waals surface area contributed by atoms with Gasteiger partial charge in [0, 0.05) is 42.3 Å². The van der Waals surface area contributed by atoms with Gasteiger partial charge in [0.15, 0.2) is 0 Å². The topological polar surface area (TPSA) is 125 Å². The minimum atomic E-state index is -1.18. The molecule has 1 aliphatic rings. The van der Waals surface area contributed by atoms with Crippen LogP contribution in [0, 0.1) is 0 Å². The Kier molecular flexibility index (Phi) is 7.95. The summed E-state index contributed by atoms with van der Waals surface area (Å²) in [6, 6.07) is 8.97. The van der Waals surface area contributed by atoms with E-state index in [9.17, 15) is 9.59 Å². The molecule has 3 aromatic heterocycles. The van der Waals surface area contributed by atoms with E-state index in [-0.39, 0.29) is 11.9 Å². The maximum Gasteiger partial charge on any atom is 0.408 e. The van der Waals surface area contributed by atoms with Crippen LogP contribution in [0.25, 0.3) is 11.0 Å². The molecule has 5 rings (SSSR count). The van der Waals surface area contributed by atoms with Crippen molar-refractivity contribution in [3.05, 3.63) is 70.0 Å². The summed E-state index contributed by atoms with van der Waals surface area (Å²) in [5, 5.41) is 10.5. The van der Waals surface area contributed by atoms with Crippen molar-refractivity contribution in [1.82, 2.24) is 30.6 Å². The summed E-state index contributed by atoms with van der Waals surface area (Å²) in [5.74, 6) is 0.518. The number of benzene rings is 1. The molecule has 1 aromatic carbocycles. The van der Waals surface area contributed by atoms with Crippen LogP contribution in [-0.4, -0.2) is 56.2 Å². The molecular formula is C28H32ClN7O3S. The molecule has 0 aliphatic carbocycles. The Morgan fingerprint density at radius 3 is 2.58 bits per heavy atom. The van der Waals surface area contributed by atoms with Gasteiger partial charge in [0.05, 0.1) is 16.4 Å². The van der Waals surface area contributed by atoms with Gasteiger partial charge in [-0.05, 0) is 57.4 Å². The van der Waals surface area contributed by atoms with Crippen molar-refractivity contribution in [3.8, 4) is 0 Å². The number of piperidine rings is 1. The second-order valence-corrected chi connectivity index (χ2v) is 12.3. The number of ether oxygens (including phenoxy) is 1. The summed E-state index contributed by atoms with van der Waals surface area (Å²) >= 11 is 7.67. The molecule has 2 amide bonds. The SMILES string of the molecule is CC(C)(C)OC(=O)NC1(C(=O)NC(Cc2nccs2)c2ccc(Cl)cc2)CCN(c2ncnc3[nH]ccc23)CC1. The Morgan fingerprint density at radius 2 is 1.90 bits per heavy atom. The van der Waals surface area contributed by atoms with Crippen LogP contribution in [0.3, 0.4) is 0 Å². The molecule has 0 spiro atoms. The number of alkyl carbamates (subject to hydrolysis) is 1. The van der Waals surface area contributed by atoms with Crippen molar-refractivity contribution in [2.24, 2.45) is 0 Å². The number of hydrogen-bond acceptors (Lipinski definition) is 8. The van der Waals surface area contributed by atoms with E-state index in [2.05, 4.69) is 35.5 Å². The molecule has 1 atom stereocenters. The molecule has 4 heterocycles. The zero-order valence-electron chi connectivity index (χ0n) is 22.6. The number of nitrogens with one attached hydrogen (secondary N) is 3. The molecule has 1 unspecified atom stereocenters. The first kappa shape index (κ1) is 27.9. The quantitative estimate of drug-likeness (QED) is 0.279. The van der Waals surface area contributed by atoms with Gasteiger partial charge in [-0.3, -0.25) is 4.79 Å². The van der Waals surface area contributed by atoms with E-state index in [0.717, 1.165) is 27.4 Å². The van der Waals surface area contributed by atoms with Gasteiger partial charge in [0.2, 0.25) is 5.91 Å². The number of anilines is 1. The van der Waals surface area contributed by atoms with Gasteiger partial charge >= 0.3 is 6.09 Å². The minimum absolute atomic E-state index is 0.274. The largest absolute Gasteiger partial charge is 0.444 e. The number of aromatic amines is 1. The molecule has 1 aliphatic heterocycles. The van der Waals surface area contributed by atoms with Crippen LogP contribution in [0.1, 0.15) is 50.2 Å². The Bertz CT molecular complexity index is 1460. The van der Waals surface area contributed by atoms with Gasteiger partial charge in [-0.2, -0.15) is 0 Å². The molecular weight excluding hydrogens is 550 g/mol. The molecule has 1 saturated heterocycles. The zero-order chi connectivity index (χ0) is 28.3. The van der Waals surface area contributed by atoms with Crippen molar-refractivity contribution >= 4 is 51.8 Å². The van der Waals surface area contributed by atoms with Crippen molar-refractivity contribution in [1.29, 1.82) is 0 Å². The fraction of sp³-hybridized carbons (Fsp3) is 0.393. The average molecular weight is 582 g/mol. The monoisotopic (exact) mass is 581 g/mol. The third-order valence-corrected chi connectivity index (χ3v) is 7.92. The molecule has 10 nitrogen and oxygen atoms in total. The Balaban J connectivity index is 1.40. The van der Waals surface area contributed by atoms with Crippen molar-refractivity contribution in [2.45, 2.75) is 57.2 Å². The van der Waals surface area contributed by atoms with Crippen molar-refractivity contribution < 1.29 is 14.3 Å². The van der Waals surface area contributed by atoms with Crippen molar-refractivity contribution in [2.75, 3.05) is 18.0 Å². The molecule has 12 heteroatoms. The van der Waals surface area contributed by atoms with Gasteiger partial charge in [0.1, 0.15) is 28.9 Å². The highest BCUT2D eigenvalue weighted by Crippen LogP contribution is 2.31. The van der Waals surface area contributed by atoms with Gasteiger partial charge in [-0.15, -0.1) is 11.3 Å². The first-order chi connectivity index (χ1) is 19.1. The maximum atomic E-state index is 14.1. The fourth-order valence-electron chi connectivity index (χ4n) is 4.89. The second-order valence-electron chi connectivity index (χ2n) is 10.8. The van der Waals surface area contributed by atoms with Crippen LogP contribution in [0.5, 0.6) is 0 Å².